The van der Waals surface area contributed by atoms with Crippen LogP contribution in [0.1, 0.15) is 78.4 Å². The van der Waals surface area contributed by atoms with Crippen LogP contribution in [0.25, 0.3) is 12.2 Å². The zero-order valence-electron chi connectivity index (χ0n) is 26.6. The largest absolute Gasteiger partial charge is 0.490 e. The lowest BCUT2D eigenvalue weighted by atomic mass is 9.88. The van der Waals surface area contributed by atoms with Crippen LogP contribution in [-0.4, -0.2) is 56.2 Å². The molecule has 2 aromatic rings. The van der Waals surface area contributed by atoms with Crippen LogP contribution in [0.2, 0.25) is 0 Å². The number of ether oxygens (including phenoxy) is 4. The second kappa shape index (κ2) is 14.8. The molecule has 42 heavy (non-hydrogen) atoms. The van der Waals surface area contributed by atoms with Crippen LogP contribution in [0.4, 0.5) is 0 Å². The lowest BCUT2D eigenvalue weighted by Gasteiger charge is -2.34. The number of Topliss-reactive ketones (excluding diaryl/α,β-unsaturated/α-hetero) is 1. The van der Waals surface area contributed by atoms with Crippen molar-refractivity contribution in [1.29, 1.82) is 0 Å². The molecule has 2 aromatic carbocycles. The fourth-order valence-corrected chi connectivity index (χ4v) is 5.66. The monoisotopic (exact) mass is 575 g/mol. The normalized spacial score (nSPS) is 20.6. The van der Waals surface area contributed by atoms with E-state index in [9.17, 15) is 4.79 Å². The van der Waals surface area contributed by atoms with Crippen molar-refractivity contribution in [2.45, 2.75) is 79.3 Å². The van der Waals surface area contributed by atoms with Gasteiger partial charge in [-0.05, 0) is 106 Å². The summed E-state index contributed by atoms with van der Waals surface area (Å²) in [5, 5.41) is 0. The molecule has 0 saturated carbocycles. The summed E-state index contributed by atoms with van der Waals surface area (Å²) in [5.41, 5.74) is 3.54. The minimum atomic E-state index is 0.105. The Morgan fingerprint density at radius 2 is 1.14 bits per heavy atom. The van der Waals surface area contributed by atoms with E-state index in [4.69, 9.17) is 18.9 Å². The summed E-state index contributed by atoms with van der Waals surface area (Å²) >= 11 is 0. The zero-order valence-corrected chi connectivity index (χ0v) is 26.6. The Kier molecular flexibility index (Phi) is 11.1. The molecule has 0 amide bonds. The summed E-state index contributed by atoms with van der Waals surface area (Å²) in [6, 6.07) is 12.2. The maximum Gasteiger partial charge on any atom is 0.188 e. The first-order valence-electron chi connectivity index (χ1n) is 15.7. The van der Waals surface area contributed by atoms with E-state index in [0.717, 1.165) is 59.5 Å². The Hall–Kier alpha value is -3.25. The number of hydrogen-bond acceptors (Lipinski definition) is 6. The number of fused-ring (bicyclic) bond motifs is 2. The van der Waals surface area contributed by atoms with E-state index in [2.05, 4.69) is 39.6 Å². The summed E-state index contributed by atoms with van der Waals surface area (Å²) in [4.78, 5) is 16.4. The minimum absolute atomic E-state index is 0.105. The summed E-state index contributed by atoms with van der Waals surface area (Å²) in [5.74, 6) is 4.18. The Bertz CT molecular complexity index is 1180. The van der Waals surface area contributed by atoms with Gasteiger partial charge in [-0.2, -0.15) is 0 Å². The summed E-state index contributed by atoms with van der Waals surface area (Å²) in [6.45, 7) is 15.1. The van der Waals surface area contributed by atoms with Gasteiger partial charge in [0.05, 0.1) is 26.4 Å². The van der Waals surface area contributed by atoms with Gasteiger partial charge in [0.25, 0.3) is 0 Å². The van der Waals surface area contributed by atoms with Crippen molar-refractivity contribution in [2.24, 2.45) is 11.8 Å². The van der Waals surface area contributed by atoms with Gasteiger partial charge < -0.3 is 18.9 Å². The first kappa shape index (κ1) is 31.7. The molecule has 6 heteroatoms. The number of likely N-dealkylation sites (N-methyl/N-ethyl adjacent to an activating group) is 1. The van der Waals surface area contributed by atoms with Crippen molar-refractivity contribution in [3.05, 3.63) is 58.7 Å². The number of benzene rings is 2. The van der Waals surface area contributed by atoms with Crippen LogP contribution in [0.15, 0.2) is 47.5 Å². The smallest absolute Gasteiger partial charge is 0.188 e. The maximum atomic E-state index is 14.0. The Morgan fingerprint density at radius 1 is 0.714 bits per heavy atom. The quantitative estimate of drug-likeness (QED) is 0.214. The number of carbonyl (C=O) groups excluding carboxylic acids is 1. The van der Waals surface area contributed by atoms with E-state index in [1.165, 1.54) is 0 Å². The second-order valence-corrected chi connectivity index (χ2v) is 12.1. The fraction of sp³-hybridized carbons (Fsp3) is 0.528. The molecule has 2 atom stereocenters. The molecule has 2 aliphatic rings. The van der Waals surface area contributed by atoms with Gasteiger partial charge in [0.1, 0.15) is 0 Å². The van der Waals surface area contributed by atoms with Crippen LogP contribution in [0, 0.1) is 11.8 Å². The number of carbonyl (C=O) groups is 1. The molecule has 2 aliphatic heterocycles. The molecular weight excluding hydrogens is 526 g/mol. The highest BCUT2D eigenvalue weighted by molar-refractivity contribution is 6.16. The number of rotatable bonds is 14. The highest BCUT2D eigenvalue weighted by Gasteiger charge is 2.44. The third-order valence-electron chi connectivity index (χ3n) is 8.02. The number of hydrogen-bond donors (Lipinski definition) is 0. The fourth-order valence-electron chi connectivity index (χ4n) is 5.66. The average molecular weight is 576 g/mol. The molecule has 2 fully saturated rings. The highest BCUT2D eigenvalue weighted by atomic mass is 16.5. The number of piperidine rings is 1. The first-order valence-corrected chi connectivity index (χ1v) is 15.7. The van der Waals surface area contributed by atoms with Gasteiger partial charge in [-0.1, -0.05) is 39.8 Å². The topological polar surface area (TPSA) is 57.2 Å². The third-order valence-corrected chi connectivity index (χ3v) is 8.02. The van der Waals surface area contributed by atoms with Crippen LogP contribution < -0.4 is 18.9 Å². The molecule has 0 radical (unpaired) electrons. The van der Waals surface area contributed by atoms with Crippen molar-refractivity contribution in [3.8, 4) is 23.0 Å². The number of nitrogens with zero attached hydrogens (tertiary/aromatic N) is 1. The SMILES string of the molecule is CCOc1cc(/C=C2/C(=O)/C(=C/c3ccc(OCCC(C)C)c(OCC)c3)[C@H]3CC[C@H]2N3C)ccc1OCCC(C)C. The van der Waals surface area contributed by atoms with E-state index in [1.807, 2.05) is 62.4 Å². The number of ketones is 1. The Balaban J connectivity index is 1.62. The van der Waals surface area contributed by atoms with Crippen LogP contribution in [0.5, 0.6) is 23.0 Å². The van der Waals surface area contributed by atoms with Crippen molar-refractivity contribution >= 4 is 17.9 Å². The molecule has 4 rings (SSSR count). The summed E-state index contributed by atoms with van der Waals surface area (Å²) < 4.78 is 23.9. The van der Waals surface area contributed by atoms with Crippen molar-refractivity contribution < 1.29 is 23.7 Å². The lowest BCUT2D eigenvalue weighted by molar-refractivity contribution is -0.114. The first-order chi connectivity index (χ1) is 20.2. The second-order valence-electron chi connectivity index (χ2n) is 12.1. The molecule has 228 valence electrons. The highest BCUT2D eigenvalue weighted by Crippen LogP contribution is 2.41. The Labute approximate surface area is 252 Å². The van der Waals surface area contributed by atoms with Gasteiger partial charge in [-0.15, -0.1) is 0 Å². The maximum absolute atomic E-state index is 14.0. The molecule has 2 heterocycles. The molecule has 2 bridgehead atoms. The van der Waals surface area contributed by atoms with E-state index in [-0.39, 0.29) is 17.9 Å². The van der Waals surface area contributed by atoms with E-state index >= 15 is 0 Å². The van der Waals surface area contributed by atoms with Gasteiger partial charge in [-0.3, -0.25) is 9.69 Å². The predicted molar refractivity (Wildman–Crippen MR) is 171 cm³/mol. The van der Waals surface area contributed by atoms with E-state index < -0.39 is 0 Å². The average Bonchev–Trinajstić information content (AvgIpc) is 3.26. The van der Waals surface area contributed by atoms with Gasteiger partial charge in [0.2, 0.25) is 0 Å². The van der Waals surface area contributed by atoms with Gasteiger partial charge in [0, 0.05) is 23.2 Å². The van der Waals surface area contributed by atoms with Gasteiger partial charge >= 0.3 is 0 Å². The molecule has 0 aromatic heterocycles. The van der Waals surface area contributed by atoms with Crippen LogP contribution in [0.3, 0.4) is 0 Å². The molecule has 2 saturated heterocycles. The molecule has 0 aliphatic carbocycles. The van der Waals surface area contributed by atoms with Crippen LogP contribution in [-0.2, 0) is 4.79 Å². The third kappa shape index (κ3) is 7.77. The molecule has 0 N–H and O–H groups in total. The zero-order chi connectivity index (χ0) is 30.2. The molecular formula is C36H49NO5. The Morgan fingerprint density at radius 3 is 1.52 bits per heavy atom. The molecule has 0 spiro atoms. The lowest BCUT2D eigenvalue weighted by Crippen LogP contribution is -2.43. The van der Waals surface area contributed by atoms with Crippen molar-refractivity contribution in [2.75, 3.05) is 33.5 Å². The standard InChI is InChI=1S/C36H49NO5/c1-8-39-34-22-26(10-14-32(34)41-18-16-24(3)4)20-28-30-12-13-31(37(30)7)29(36(28)38)21-27-11-15-33(35(23-27)40-9-2)42-19-17-25(5)6/h10-11,14-15,20-25,30-31H,8-9,12-13,16-19H2,1-7H3/b28-20+,29-21+/t30-,31-/m1/s1. The van der Waals surface area contributed by atoms with E-state index in [0.29, 0.717) is 49.8 Å². The van der Waals surface area contributed by atoms with E-state index in [1.54, 1.807) is 0 Å². The minimum Gasteiger partial charge on any atom is -0.490 e. The van der Waals surface area contributed by atoms with Crippen molar-refractivity contribution in [1.82, 2.24) is 4.90 Å². The summed E-state index contributed by atoms with van der Waals surface area (Å²) in [6.07, 6.45) is 7.95. The van der Waals surface area contributed by atoms with Gasteiger partial charge in [-0.25, -0.2) is 0 Å². The molecule has 0 unspecified atom stereocenters. The van der Waals surface area contributed by atoms with Crippen molar-refractivity contribution in [3.63, 3.8) is 0 Å². The van der Waals surface area contributed by atoms with Crippen LogP contribution >= 0.6 is 0 Å². The predicted octanol–water partition coefficient (Wildman–Crippen LogP) is 7.85. The van der Waals surface area contributed by atoms with Gasteiger partial charge in [0.15, 0.2) is 28.8 Å². The molecule has 6 nitrogen and oxygen atoms in total. The summed E-state index contributed by atoms with van der Waals surface area (Å²) in [7, 11) is 2.13.